The Morgan fingerprint density at radius 3 is 2.24 bits per heavy atom. The van der Waals surface area contributed by atoms with Crippen molar-refractivity contribution in [1.29, 1.82) is 0 Å². The number of amides is 1. The number of esters is 1. The molecule has 6 nitrogen and oxygen atoms in total. The molecule has 9 heteroatoms. The van der Waals surface area contributed by atoms with Gasteiger partial charge in [-0.15, -0.1) is 0 Å². The second-order valence-electron chi connectivity index (χ2n) is 7.33. The first kappa shape index (κ1) is 22.6. The molecular formula is C25H18ClN3O3S2. The summed E-state index contributed by atoms with van der Waals surface area (Å²) in [4.78, 5) is 28.6. The van der Waals surface area contributed by atoms with E-state index in [4.69, 9.17) is 16.3 Å². The highest BCUT2D eigenvalue weighted by atomic mass is 35.5. The van der Waals surface area contributed by atoms with Gasteiger partial charge in [0.1, 0.15) is 0 Å². The lowest BCUT2D eigenvalue weighted by molar-refractivity contribution is -0.132. The Morgan fingerprint density at radius 1 is 0.941 bits per heavy atom. The van der Waals surface area contributed by atoms with Crippen LogP contribution in [0.25, 0.3) is 6.08 Å². The molecule has 2 aliphatic rings. The SMILES string of the molecule is COC(=O)C1=NN(c2ccc(Cl)cc2)[C@@]2(S1)S/C(=C/c1ccccc1)C(=O)N2c1ccccc1. The lowest BCUT2D eigenvalue weighted by atomic mass is 10.2. The number of rotatable bonds is 4. The average molecular weight is 508 g/mol. The largest absolute Gasteiger partial charge is 0.464 e. The van der Waals surface area contributed by atoms with Gasteiger partial charge in [0.15, 0.2) is 0 Å². The first-order chi connectivity index (χ1) is 16.5. The summed E-state index contributed by atoms with van der Waals surface area (Å²) in [7, 11) is 1.31. The van der Waals surface area contributed by atoms with Crippen molar-refractivity contribution in [3.8, 4) is 0 Å². The van der Waals surface area contributed by atoms with Crippen LogP contribution in [0.15, 0.2) is 94.9 Å². The Kier molecular flexibility index (Phi) is 6.12. The lowest BCUT2D eigenvalue weighted by Gasteiger charge is -2.38. The van der Waals surface area contributed by atoms with Crippen molar-refractivity contribution in [3.05, 3.63) is 100 Å². The maximum atomic E-state index is 13.9. The Morgan fingerprint density at radius 2 is 1.59 bits per heavy atom. The predicted octanol–water partition coefficient (Wildman–Crippen LogP) is 5.81. The molecule has 1 atom stereocenters. The molecule has 0 aliphatic carbocycles. The number of hydrogen-bond donors (Lipinski definition) is 0. The van der Waals surface area contributed by atoms with Gasteiger partial charge >= 0.3 is 5.97 Å². The normalized spacial score (nSPS) is 20.8. The minimum Gasteiger partial charge on any atom is -0.464 e. The van der Waals surface area contributed by atoms with E-state index < -0.39 is 10.3 Å². The van der Waals surface area contributed by atoms with Crippen molar-refractivity contribution in [2.75, 3.05) is 17.0 Å². The number of carbonyl (C=O) groups excluding carboxylic acids is 2. The van der Waals surface area contributed by atoms with Gasteiger partial charge in [-0.05, 0) is 59.8 Å². The van der Waals surface area contributed by atoms with Crippen LogP contribution in [-0.4, -0.2) is 28.4 Å². The lowest BCUT2D eigenvalue weighted by Crippen LogP contribution is -2.51. The smallest absolute Gasteiger partial charge is 0.365 e. The number of carbonyl (C=O) groups is 2. The maximum absolute atomic E-state index is 13.9. The molecule has 0 unspecified atom stereocenters. The molecule has 34 heavy (non-hydrogen) atoms. The summed E-state index contributed by atoms with van der Waals surface area (Å²) in [6.45, 7) is 0. The number of thioether (sulfide) groups is 2. The molecule has 0 bridgehead atoms. The van der Waals surface area contributed by atoms with E-state index in [1.165, 1.54) is 30.6 Å². The Labute approximate surface area is 210 Å². The van der Waals surface area contributed by atoms with E-state index in [-0.39, 0.29) is 11.0 Å². The van der Waals surface area contributed by atoms with Crippen LogP contribution in [-0.2, 0) is 14.3 Å². The quantitative estimate of drug-likeness (QED) is 0.328. The number of anilines is 2. The highest BCUT2D eigenvalue weighted by molar-refractivity contribution is 8.29. The monoisotopic (exact) mass is 507 g/mol. The molecule has 1 spiro atoms. The molecule has 1 amide bonds. The van der Waals surface area contributed by atoms with E-state index in [0.717, 1.165) is 5.56 Å². The molecular weight excluding hydrogens is 490 g/mol. The van der Waals surface area contributed by atoms with Gasteiger partial charge in [-0.2, -0.15) is 5.10 Å². The van der Waals surface area contributed by atoms with E-state index in [2.05, 4.69) is 5.10 Å². The predicted molar refractivity (Wildman–Crippen MR) is 140 cm³/mol. The fourth-order valence-electron chi connectivity index (χ4n) is 3.64. The zero-order valence-electron chi connectivity index (χ0n) is 17.9. The van der Waals surface area contributed by atoms with Crippen molar-refractivity contribution in [2.45, 2.75) is 4.33 Å². The maximum Gasteiger partial charge on any atom is 0.365 e. The fraction of sp³-hybridized carbons (Fsp3) is 0.0800. The molecule has 0 saturated carbocycles. The molecule has 1 fully saturated rings. The molecule has 5 rings (SSSR count). The molecule has 0 radical (unpaired) electrons. The second-order valence-corrected chi connectivity index (χ2v) is 10.4. The highest BCUT2D eigenvalue weighted by Crippen LogP contribution is 2.59. The third-order valence-corrected chi connectivity index (χ3v) is 8.12. The Balaban J connectivity index is 1.69. The molecule has 3 aromatic rings. The third-order valence-electron chi connectivity index (χ3n) is 5.17. The van der Waals surface area contributed by atoms with Crippen LogP contribution in [0, 0.1) is 0 Å². The van der Waals surface area contributed by atoms with Gasteiger partial charge in [0.2, 0.25) is 9.37 Å². The summed E-state index contributed by atoms with van der Waals surface area (Å²) in [6, 6.07) is 26.1. The molecule has 2 heterocycles. The minimum absolute atomic E-state index is 0.152. The topological polar surface area (TPSA) is 62.2 Å². The first-order valence-electron chi connectivity index (χ1n) is 10.3. The van der Waals surface area contributed by atoms with Crippen LogP contribution in [0.4, 0.5) is 11.4 Å². The van der Waals surface area contributed by atoms with E-state index >= 15 is 0 Å². The summed E-state index contributed by atoms with van der Waals surface area (Å²) >= 11 is 8.63. The number of halogens is 1. The Bertz CT molecular complexity index is 1300. The van der Waals surface area contributed by atoms with E-state index in [1.54, 1.807) is 22.0 Å². The molecule has 170 valence electrons. The second kappa shape index (κ2) is 9.21. The standard InChI is InChI=1S/C25H18ClN3O3S2/c1-32-24(31)22-27-29(20-14-12-18(26)13-15-20)25(34-22)28(19-10-6-3-7-11-19)23(30)21(33-25)16-17-8-4-2-5-9-17/h2-16H,1H3/b21-16+/t25-/m1/s1. The van der Waals surface area contributed by atoms with Crippen LogP contribution in [0.5, 0.6) is 0 Å². The van der Waals surface area contributed by atoms with Crippen LogP contribution >= 0.6 is 35.1 Å². The summed E-state index contributed by atoms with van der Waals surface area (Å²) in [5.41, 5.74) is 2.26. The highest BCUT2D eigenvalue weighted by Gasteiger charge is 2.60. The van der Waals surface area contributed by atoms with Gasteiger partial charge in [-0.25, -0.2) is 9.80 Å². The van der Waals surface area contributed by atoms with E-state index in [0.29, 0.717) is 21.3 Å². The van der Waals surface area contributed by atoms with Crippen LogP contribution in [0.1, 0.15) is 5.56 Å². The van der Waals surface area contributed by atoms with Crippen LogP contribution < -0.4 is 9.91 Å². The minimum atomic E-state index is -1.11. The van der Waals surface area contributed by atoms with Gasteiger partial charge in [-0.3, -0.25) is 9.69 Å². The van der Waals surface area contributed by atoms with E-state index in [1.807, 2.05) is 78.9 Å². The van der Waals surface area contributed by atoms with Crippen molar-refractivity contribution >= 4 is 69.5 Å². The van der Waals surface area contributed by atoms with Crippen molar-refractivity contribution < 1.29 is 14.3 Å². The average Bonchev–Trinajstić information content (AvgIpc) is 3.37. The summed E-state index contributed by atoms with van der Waals surface area (Å²) in [5, 5.41) is 7.00. The molecule has 3 aromatic carbocycles. The molecule has 0 aromatic heterocycles. The van der Waals surface area contributed by atoms with Gasteiger partial charge in [0.05, 0.1) is 17.7 Å². The fourth-order valence-corrected chi connectivity index (χ4v) is 6.67. The summed E-state index contributed by atoms with van der Waals surface area (Å²) in [6.07, 6.45) is 1.86. The number of ether oxygens (including phenoxy) is 1. The summed E-state index contributed by atoms with van der Waals surface area (Å²) < 4.78 is 3.85. The zero-order chi connectivity index (χ0) is 23.7. The number of hydrazone groups is 1. The van der Waals surface area contributed by atoms with Crippen molar-refractivity contribution in [3.63, 3.8) is 0 Å². The van der Waals surface area contributed by atoms with Gasteiger partial charge in [0.25, 0.3) is 5.91 Å². The van der Waals surface area contributed by atoms with Crippen molar-refractivity contribution in [2.24, 2.45) is 5.10 Å². The van der Waals surface area contributed by atoms with E-state index in [9.17, 15) is 9.59 Å². The van der Waals surface area contributed by atoms with Gasteiger partial charge in [-0.1, -0.05) is 71.9 Å². The van der Waals surface area contributed by atoms with Crippen molar-refractivity contribution in [1.82, 2.24) is 0 Å². The third kappa shape index (κ3) is 3.98. The molecule has 2 aliphatic heterocycles. The first-order valence-corrected chi connectivity index (χ1v) is 12.3. The van der Waals surface area contributed by atoms with Crippen LogP contribution in [0.2, 0.25) is 5.02 Å². The zero-order valence-corrected chi connectivity index (χ0v) is 20.3. The number of nitrogens with zero attached hydrogens (tertiary/aromatic N) is 3. The molecule has 0 N–H and O–H groups in total. The van der Waals surface area contributed by atoms with Crippen LogP contribution in [0.3, 0.4) is 0 Å². The number of hydrogen-bond acceptors (Lipinski definition) is 7. The molecule has 1 saturated heterocycles. The number of benzene rings is 3. The Hall–Kier alpha value is -3.20. The number of methoxy groups -OCH3 is 1. The van der Waals surface area contributed by atoms with Gasteiger partial charge in [0, 0.05) is 10.7 Å². The van der Waals surface area contributed by atoms with Gasteiger partial charge < -0.3 is 4.74 Å². The number of para-hydroxylation sites is 1. The summed E-state index contributed by atoms with van der Waals surface area (Å²) in [5.74, 6) is -0.754.